The van der Waals surface area contributed by atoms with Crippen LogP contribution in [0.2, 0.25) is 5.15 Å². The maximum atomic E-state index is 12.2. The third-order valence-electron chi connectivity index (χ3n) is 2.24. The van der Waals surface area contributed by atoms with Crippen LogP contribution in [-0.4, -0.2) is 44.5 Å². The SMILES string of the molecule is CCN(CCOC)S(=O)(=O)c1cccnc1Cl. The van der Waals surface area contributed by atoms with Crippen molar-refractivity contribution >= 4 is 21.6 Å². The zero-order chi connectivity index (χ0) is 12.9. The van der Waals surface area contributed by atoms with Crippen molar-refractivity contribution in [2.75, 3.05) is 26.8 Å². The topological polar surface area (TPSA) is 59.5 Å². The van der Waals surface area contributed by atoms with Gasteiger partial charge in [0.15, 0.2) is 0 Å². The zero-order valence-corrected chi connectivity index (χ0v) is 11.3. The van der Waals surface area contributed by atoms with Crippen LogP contribution in [0.4, 0.5) is 0 Å². The van der Waals surface area contributed by atoms with Crippen LogP contribution in [-0.2, 0) is 14.8 Å². The maximum absolute atomic E-state index is 12.2. The fraction of sp³-hybridized carbons (Fsp3) is 0.500. The Morgan fingerprint density at radius 1 is 1.53 bits per heavy atom. The van der Waals surface area contributed by atoms with E-state index < -0.39 is 10.0 Å². The Labute approximate surface area is 106 Å². The summed E-state index contributed by atoms with van der Waals surface area (Å²) in [5.41, 5.74) is 0. The first kappa shape index (κ1) is 14.4. The van der Waals surface area contributed by atoms with Gasteiger partial charge in [0.2, 0.25) is 10.0 Å². The first-order valence-electron chi connectivity index (χ1n) is 5.13. The molecule has 96 valence electrons. The van der Waals surface area contributed by atoms with E-state index in [1.165, 1.54) is 23.7 Å². The molecule has 0 unspecified atom stereocenters. The molecule has 1 rings (SSSR count). The van der Waals surface area contributed by atoms with Gasteiger partial charge >= 0.3 is 0 Å². The predicted octanol–water partition coefficient (Wildman–Crippen LogP) is 1.39. The molecule has 0 amide bonds. The highest BCUT2D eigenvalue weighted by molar-refractivity contribution is 7.89. The molecule has 0 aromatic carbocycles. The van der Waals surface area contributed by atoms with Crippen molar-refractivity contribution in [3.63, 3.8) is 0 Å². The van der Waals surface area contributed by atoms with E-state index in [2.05, 4.69) is 4.98 Å². The van der Waals surface area contributed by atoms with E-state index in [9.17, 15) is 8.42 Å². The summed E-state index contributed by atoms with van der Waals surface area (Å²) in [6, 6.07) is 2.99. The highest BCUT2D eigenvalue weighted by atomic mass is 35.5. The summed E-state index contributed by atoms with van der Waals surface area (Å²) in [4.78, 5) is 3.80. The Bertz CT molecular complexity index is 464. The molecule has 0 radical (unpaired) electrons. The number of sulfonamides is 1. The van der Waals surface area contributed by atoms with Crippen LogP contribution in [0.15, 0.2) is 23.2 Å². The first-order valence-corrected chi connectivity index (χ1v) is 6.95. The van der Waals surface area contributed by atoms with Gasteiger partial charge < -0.3 is 4.74 Å². The van der Waals surface area contributed by atoms with E-state index in [0.29, 0.717) is 19.7 Å². The summed E-state index contributed by atoms with van der Waals surface area (Å²) >= 11 is 5.80. The average molecular weight is 279 g/mol. The molecule has 1 aromatic rings. The second kappa shape index (κ2) is 6.30. The van der Waals surface area contributed by atoms with Gasteiger partial charge in [0.25, 0.3) is 0 Å². The van der Waals surface area contributed by atoms with Crippen LogP contribution < -0.4 is 0 Å². The normalized spacial score (nSPS) is 12.0. The van der Waals surface area contributed by atoms with E-state index in [4.69, 9.17) is 16.3 Å². The Hall–Kier alpha value is -0.690. The minimum atomic E-state index is -3.60. The largest absolute Gasteiger partial charge is 0.383 e. The van der Waals surface area contributed by atoms with Crippen LogP contribution in [0.5, 0.6) is 0 Å². The lowest BCUT2D eigenvalue weighted by molar-refractivity contribution is 0.180. The summed E-state index contributed by atoms with van der Waals surface area (Å²) in [7, 11) is -2.07. The maximum Gasteiger partial charge on any atom is 0.246 e. The zero-order valence-electron chi connectivity index (χ0n) is 9.76. The summed E-state index contributed by atoms with van der Waals surface area (Å²) in [5.74, 6) is 0. The summed E-state index contributed by atoms with van der Waals surface area (Å²) in [6.07, 6.45) is 1.45. The highest BCUT2D eigenvalue weighted by Gasteiger charge is 2.25. The second-order valence-electron chi connectivity index (χ2n) is 3.28. The summed E-state index contributed by atoms with van der Waals surface area (Å²) in [6.45, 7) is 2.75. The standard InChI is InChI=1S/C10H15ClN2O3S/c1-3-13(7-8-16-2)17(14,15)9-5-4-6-12-10(9)11/h4-6H,3,7-8H2,1-2H3. The molecule has 0 fully saturated rings. The number of ether oxygens (including phenoxy) is 1. The molecule has 0 N–H and O–H groups in total. The smallest absolute Gasteiger partial charge is 0.246 e. The van der Waals surface area contributed by atoms with Gasteiger partial charge in [-0.05, 0) is 12.1 Å². The van der Waals surface area contributed by atoms with Crippen LogP contribution >= 0.6 is 11.6 Å². The van der Waals surface area contributed by atoms with E-state index >= 15 is 0 Å². The Morgan fingerprint density at radius 2 is 2.24 bits per heavy atom. The number of halogens is 1. The molecule has 0 atom stereocenters. The van der Waals surface area contributed by atoms with Crippen molar-refractivity contribution in [1.82, 2.24) is 9.29 Å². The van der Waals surface area contributed by atoms with Crippen molar-refractivity contribution < 1.29 is 13.2 Å². The summed E-state index contributed by atoms with van der Waals surface area (Å²) in [5, 5.41) is -0.0108. The van der Waals surface area contributed by atoms with Gasteiger partial charge in [-0.2, -0.15) is 4.31 Å². The predicted molar refractivity (Wildman–Crippen MR) is 65.6 cm³/mol. The van der Waals surface area contributed by atoms with Gasteiger partial charge in [-0.25, -0.2) is 13.4 Å². The number of nitrogens with zero attached hydrogens (tertiary/aromatic N) is 2. The fourth-order valence-electron chi connectivity index (χ4n) is 1.34. The van der Waals surface area contributed by atoms with Crippen molar-refractivity contribution in [2.24, 2.45) is 0 Å². The second-order valence-corrected chi connectivity index (χ2v) is 5.55. The lowest BCUT2D eigenvalue weighted by atomic mass is 10.5. The van der Waals surface area contributed by atoms with Gasteiger partial charge in [-0.3, -0.25) is 0 Å². The molecule has 0 aliphatic heterocycles. The van der Waals surface area contributed by atoms with Crippen LogP contribution in [0, 0.1) is 0 Å². The molecule has 0 aliphatic rings. The van der Waals surface area contributed by atoms with Crippen LogP contribution in [0.1, 0.15) is 6.92 Å². The molecule has 5 nitrogen and oxygen atoms in total. The molecule has 7 heteroatoms. The number of methoxy groups -OCH3 is 1. The number of hydrogen-bond acceptors (Lipinski definition) is 4. The highest BCUT2D eigenvalue weighted by Crippen LogP contribution is 2.21. The number of aromatic nitrogens is 1. The number of pyridine rings is 1. The van der Waals surface area contributed by atoms with Crippen LogP contribution in [0.3, 0.4) is 0 Å². The van der Waals surface area contributed by atoms with Gasteiger partial charge in [-0.1, -0.05) is 18.5 Å². The minimum Gasteiger partial charge on any atom is -0.383 e. The molecule has 0 bridgehead atoms. The van der Waals surface area contributed by atoms with E-state index in [-0.39, 0.29) is 10.0 Å². The van der Waals surface area contributed by atoms with E-state index in [0.717, 1.165) is 0 Å². The van der Waals surface area contributed by atoms with E-state index in [1.807, 2.05) is 0 Å². The Kier molecular flexibility index (Phi) is 5.32. The summed E-state index contributed by atoms with van der Waals surface area (Å²) < 4.78 is 30.7. The van der Waals surface area contributed by atoms with Crippen molar-refractivity contribution in [2.45, 2.75) is 11.8 Å². The van der Waals surface area contributed by atoms with E-state index in [1.54, 1.807) is 13.0 Å². The molecule has 1 heterocycles. The van der Waals surface area contributed by atoms with Gasteiger partial charge in [0.1, 0.15) is 10.0 Å². The molecule has 0 aliphatic carbocycles. The molecule has 0 spiro atoms. The number of likely N-dealkylation sites (N-methyl/N-ethyl adjacent to an activating group) is 1. The Balaban J connectivity index is 3.05. The molecule has 17 heavy (non-hydrogen) atoms. The third-order valence-corrected chi connectivity index (χ3v) is 4.66. The number of hydrogen-bond donors (Lipinski definition) is 0. The lowest BCUT2D eigenvalue weighted by Gasteiger charge is -2.20. The minimum absolute atomic E-state index is 0.0108. The molecule has 0 saturated carbocycles. The lowest BCUT2D eigenvalue weighted by Crippen LogP contribution is -2.34. The quantitative estimate of drug-likeness (QED) is 0.738. The number of rotatable bonds is 6. The van der Waals surface area contributed by atoms with Gasteiger partial charge in [0, 0.05) is 26.4 Å². The molecule has 0 saturated heterocycles. The van der Waals surface area contributed by atoms with Gasteiger partial charge in [-0.15, -0.1) is 0 Å². The van der Waals surface area contributed by atoms with Crippen molar-refractivity contribution in [1.29, 1.82) is 0 Å². The van der Waals surface area contributed by atoms with Crippen molar-refractivity contribution in [3.8, 4) is 0 Å². The third kappa shape index (κ3) is 3.38. The fourth-order valence-corrected chi connectivity index (χ4v) is 3.21. The first-order chi connectivity index (χ1) is 8.04. The molecular weight excluding hydrogens is 264 g/mol. The Morgan fingerprint density at radius 3 is 2.76 bits per heavy atom. The molecular formula is C10H15ClN2O3S. The van der Waals surface area contributed by atoms with Crippen LogP contribution in [0.25, 0.3) is 0 Å². The molecule has 1 aromatic heterocycles. The van der Waals surface area contributed by atoms with Crippen molar-refractivity contribution in [3.05, 3.63) is 23.5 Å². The monoisotopic (exact) mass is 278 g/mol. The van der Waals surface area contributed by atoms with Gasteiger partial charge in [0.05, 0.1) is 6.61 Å². The average Bonchev–Trinajstić information content (AvgIpc) is 2.30.